The van der Waals surface area contributed by atoms with E-state index in [1.54, 1.807) is 0 Å². The van der Waals surface area contributed by atoms with Gasteiger partial charge in [-0.1, -0.05) is 121 Å². The van der Waals surface area contributed by atoms with Crippen molar-refractivity contribution in [3.05, 3.63) is 144 Å². The van der Waals surface area contributed by atoms with Crippen molar-refractivity contribution in [3.8, 4) is 0 Å². The first-order valence-corrected chi connectivity index (χ1v) is 13.6. The fourth-order valence-corrected chi connectivity index (χ4v) is 4.22. The van der Waals surface area contributed by atoms with Crippen LogP contribution in [0.25, 0.3) is 0 Å². The minimum Gasteiger partial charge on any atom is -0.388 e. The maximum absolute atomic E-state index is 11.3. The summed E-state index contributed by atoms with van der Waals surface area (Å²) in [7, 11) is 0. The van der Waals surface area contributed by atoms with Crippen LogP contribution in [0.3, 0.4) is 0 Å². The van der Waals surface area contributed by atoms with Crippen LogP contribution in [0, 0.1) is 0 Å². The third-order valence-electron chi connectivity index (χ3n) is 6.51. The van der Waals surface area contributed by atoms with Crippen LogP contribution in [0.5, 0.6) is 0 Å². The van der Waals surface area contributed by atoms with Crippen molar-refractivity contribution in [1.29, 1.82) is 0 Å². The summed E-state index contributed by atoms with van der Waals surface area (Å²) in [5, 5.41) is 22.7. The first kappa shape index (κ1) is 29.6. The SMILES string of the molecule is O[C@H]([C@@H](O)[C@H](COCc1ccccc1)OCc1ccccc1)[C@H](COCc1ccccc1)OCc1ccccc1. The molecule has 4 atom stereocenters. The van der Waals surface area contributed by atoms with E-state index in [0.717, 1.165) is 22.3 Å². The molecule has 0 saturated heterocycles. The van der Waals surface area contributed by atoms with Crippen molar-refractivity contribution in [1.82, 2.24) is 0 Å². The molecule has 0 aromatic heterocycles. The van der Waals surface area contributed by atoms with Gasteiger partial charge in [0.05, 0.1) is 39.6 Å². The Kier molecular flexibility index (Phi) is 12.3. The molecule has 0 fully saturated rings. The molecular formula is C34H38O6. The Hall–Kier alpha value is -3.36. The highest BCUT2D eigenvalue weighted by molar-refractivity contribution is 5.15. The molecule has 6 nitrogen and oxygen atoms in total. The summed E-state index contributed by atoms with van der Waals surface area (Å²) < 4.78 is 24.1. The predicted octanol–water partition coefficient (Wildman–Crippen LogP) is 5.31. The number of benzene rings is 4. The van der Waals surface area contributed by atoms with Gasteiger partial charge in [0.15, 0.2) is 0 Å². The Labute approximate surface area is 236 Å². The number of hydrogen-bond acceptors (Lipinski definition) is 6. The van der Waals surface area contributed by atoms with Gasteiger partial charge >= 0.3 is 0 Å². The third kappa shape index (κ3) is 9.99. The van der Waals surface area contributed by atoms with Crippen molar-refractivity contribution < 1.29 is 29.2 Å². The summed E-state index contributed by atoms with van der Waals surface area (Å²) >= 11 is 0. The van der Waals surface area contributed by atoms with Crippen LogP contribution < -0.4 is 0 Å². The van der Waals surface area contributed by atoms with Crippen LogP contribution in [0.15, 0.2) is 121 Å². The van der Waals surface area contributed by atoms with Crippen molar-refractivity contribution in [2.45, 2.75) is 50.8 Å². The van der Waals surface area contributed by atoms with Crippen LogP contribution in [0.2, 0.25) is 0 Å². The summed E-state index contributed by atoms with van der Waals surface area (Å²) in [6, 6.07) is 39.0. The molecule has 0 saturated carbocycles. The monoisotopic (exact) mass is 542 g/mol. The van der Waals surface area contributed by atoms with Crippen LogP contribution in [0.1, 0.15) is 22.3 Å². The van der Waals surface area contributed by atoms with Crippen LogP contribution in [0.4, 0.5) is 0 Å². The lowest BCUT2D eigenvalue weighted by Gasteiger charge is -2.32. The molecule has 0 spiro atoms. The second kappa shape index (κ2) is 16.7. The summed E-state index contributed by atoms with van der Waals surface area (Å²) in [4.78, 5) is 0. The number of aliphatic hydroxyl groups is 2. The Balaban J connectivity index is 1.42. The number of rotatable bonds is 17. The van der Waals surface area contributed by atoms with Crippen molar-refractivity contribution >= 4 is 0 Å². The first-order chi connectivity index (χ1) is 19.7. The largest absolute Gasteiger partial charge is 0.388 e. The zero-order chi connectivity index (χ0) is 27.8. The second-order valence-corrected chi connectivity index (χ2v) is 9.65. The standard InChI is InChI=1S/C34H38O6/c35-33(31(39-23-29-17-9-3-10-18-29)25-37-21-27-13-5-1-6-14-27)34(36)32(40-24-30-19-11-4-12-20-30)26-38-22-28-15-7-2-8-16-28/h1-20,31-36H,21-26H2/t31-,32-,33-,34-/m0/s1. The molecule has 210 valence electrons. The average Bonchev–Trinajstić information content (AvgIpc) is 3.02. The quantitative estimate of drug-likeness (QED) is 0.188. The zero-order valence-corrected chi connectivity index (χ0v) is 22.6. The smallest absolute Gasteiger partial charge is 0.111 e. The van der Waals surface area contributed by atoms with Crippen LogP contribution in [-0.2, 0) is 45.4 Å². The number of aliphatic hydroxyl groups excluding tert-OH is 2. The topological polar surface area (TPSA) is 77.4 Å². The molecule has 0 aliphatic rings. The van der Waals surface area contributed by atoms with Gasteiger partial charge in [-0.15, -0.1) is 0 Å². The van der Waals surface area contributed by atoms with E-state index in [1.807, 2.05) is 121 Å². The van der Waals surface area contributed by atoms with E-state index in [9.17, 15) is 10.2 Å². The van der Waals surface area contributed by atoms with E-state index in [-0.39, 0.29) is 26.4 Å². The lowest BCUT2D eigenvalue weighted by Crippen LogP contribution is -2.49. The Morgan fingerprint density at radius 1 is 0.400 bits per heavy atom. The van der Waals surface area contributed by atoms with E-state index >= 15 is 0 Å². The summed E-state index contributed by atoms with van der Waals surface area (Å²) in [6.45, 7) is 1.45. The maximum atomic E-state index is 11.3. The Morgan fingerprint density at radius 3 is 0.975 bits per heavy atom. The minimum atomic E-state index is -1.28. The lowest BCUT2D eigenvalue weighted by atomic mass is 10.0. The van der Waals surface area contributed by atoms with Crippen molar-refractivity contribution in [2.24, 2.45) is 0 Å². The first-order valence-electron chi connectivity index (χ1n) is 13.6. The number of hydrogen-bond donors (Lipinski definition) is 2. The van der Waals surface area contributed by atoms with E-state index in [4.69, 9.17) is 18.9 Å². The molecule has 0 aliphatic heterocycles. The Bertz CT molecular complexity index is 1090. The highest BCUT2D eigenvalue weighted by atomic mass is 16.6. The van der Waals surface area contributed by atoms with Gasteiger partial charge in [0, 0.05) is 0 Å². The molecule has 0 radical (unpaired) electrons. The molecule has 4 aromatic carbocycles. The van der Waals surface area contributed by atoms with Gasteiger partial charge in [0.1, 0.15) is 24.4 Å². The maximum Gasteiger partial charge on any atom is 0.111 e. The van der Waals surface area contributed by atoms with E-state index in [1.165, 1.54) is 0 Å². The number of ether oxygens (including phenoxy) is 4. The molecular weight excluding hydrogens is 504 g/mol. The average molecular weight is 543 g/mol. The Morgan fingerprint density at radius 2 is 0.675 bits per heavy atom. The molecule has 2 N–H and O–H groups in total. The van der Waals surface area contributed by atoms with Crippen molar-refractivity contribution in [3.63, 3.8) is 0 Å². The molecule has 0 amide bonds. The van der Waals surface area contributed by atoms with Crippen molar-refractivity contribution in [2.75, 3.05) is 13.2 Å². The normalized spacial score (nSPS) is 14.3. The predicted molar refractivity (Wildman–Crippen MR) is 154 cm³/mol. The van der Waals surface area contributed by atoms with E-state index < -0.39 is 24.4 Å². The molecule has 6 heteroatoms. The van der Waals surface area contributed by atoms with Gasteiger partial charge in [0.2, 0.25) is 0 Å². The third-order valence-corrected chi connectivity index (χ3v) is 6.51. The minimum absolute atomic E-state index is 0.0935. The van der Waals surface area contributed by atoms with Crippen LogP contribution >= 0.6 is 0 Å². The molecule has 0 aliphatic carbocycles. The summed E-state index contributed by atoms with van der Waals surface area (Å²) in [5.74, 6) is 0. The van der Waals surface area contributed by atoms with Gasteiger partial charge in [-0.3, -0.25) is 0 Å². The van der Waals surface area contributed by atoms with Crippen LogP contribution in [-0.4, -0.2) is 47.8 Å². The molecule has 4 aromatic rings. The zero-order valence-electron chi connectivity index (χ0n) is 22.6. The van der Waals surface area contributed by atoms with Gasteiger partial charge in [0.25, 0.3) is 0 Å². The lowest BCUT2D eigenvalue weighted by molar-refractivity contribution is -0.170. The highest BCUT2D eigenvalue weighted by Gasteiger charge is 2.34. The molecule has 4 rings (SSSR count). The molecule has 0 bridgehead atoms. The summed E-state index contributed by atoms with van der Waals surface area (Å²) in [6.07, 6.45) is -4.15. The fraction of sp³-hybridized carbons (Fsp3) is 0.294. The fourth-order valence-electron chi connectivity index (χ4n) is 4.22. The van der Waals surface area contributed by atoms with Gasteiger partial charge in [-0.05, 0) is 22.3 Å². The molecule has 0 unspecified atom stereocenters. The van der Waals surface area contributed by atoms with E-state index in [0.29, 0.717) is 13.2 Å². The molecule has 0 heterocycles. The van der Waals surface area contributed by atoms with Gasteiger partial charge < -0.3 is 29.2 Å². The second-order valence-electron chi connectivity index (χ2n) is 9.65. The van der Waals surface area contributed by atoms with Gasteiger partial charge in [-0.25, -0.2) is 0 Å². The summed E-state index contributed by atoms with van der Waals surface area (Å²) in [5.41, 5.74) is 3.94. The van der Waals surface area contributed by atoms with E-state index in [2.05, 4.69) is 0 Å². The highest BCUT2D eigenvalue weighted by Crippen LogP contribution is 2.17. The van der Waals surface area contributed by atoms with Gasteiger partial charge in [-0.2, -0.15) is 0 Å². The molecule has 40 heavy (non-hydrogen) atoms.